The number of ether oxygens (including phenoxy) is 1. The third-order valence-corrected chi connectivity index (χ3v) is 2.11. The van der Waals surface area contributed by atoms with E-state index in [9.17, 15) is 17.6 Å². The molecule has 0 fully saturated rings. The highest BCUT2D eigenvalue weighted by Gasteiger charge is 2.26. The molecule has 3 nitrogen and oxygen atoms in total. The molecule has 0 amide bonds. The molecule has 100 valence electrons. The molecule has 0 saturated carbocycles. The van der Waals surface area contributed by atoms with Gasteiger partial charge in [-0.2, -0.15) is 13.2 Å². The van der Waals surface area contributed by atoms with Gasteiger partial charge in [0.25, 0.3) is 0 Å². The molecule has 0 spiro atoms. The Labute approximate surface area is 101 Å². The molecule has 0 saturated heterocycles. The number of nitrogens with two attached hydrogens (primary N) is 1. The van der Waals surface area contributed by atoms with Gasteiger partial charge in [-0.05, 0) is 24.6 Å². The maximum absolute atomic E-state index is 13.4. The molecule has 0 aromatic heterocycles. The predicted octanol–water partition coefficient (Wildman–Crippen LogP) is 2.83. The summed E-state index contributed by atoms with van der Waals surface area (Å²) in [4.78, 5) is 0. The zero-order chi connectivity index (χ0) is 13.8. The van der Waals surface area contributed by atoms with E-state index in [-0.39, 0.29) is 30.2 Å². The van der Waals surface area contributed by atoms with Crippen LogP contribution in [0.4, 0.5) is 17.6 Å². The van der Waals surface area contributed by atoms with Crippen LogP contribution in [0.25, 0.3) is 0 Å². The van der Waals surface area contributed by atoms with Crippen molar-refractivity contribution < 1.29 is 22.3 Å². The number of rotatable bonds is 5. The molecular formula is C11H12F4N2O. The highest BCUT2D eigenvalue weighted by molar-refractivity contribution is 5.95. The third kappa shape index (κ3) is 4.60. The highest BCUT2D eigenvalue weighted by Crippen LogP contribution is 2.22. The van der Waals surface area contributed by atoms with Crippen molar-refractivity contribution in [1.82, 2.24) is 0 Å². The Morgan fingerprint density at radius 2 is 2.00 bits per heavy atom. The third-order valence-electron chi connectivity index (χ3n) is 2.11. The summed E-state index contributed by atoms with van der Waals surface area (Å²) in [5.74, 6) is -1.20. The lowest BCUT2D eigenvalue weighted by Crippen LogP contribution is -2.12. The summed E-state index contributed by atoms with van der Waals surface area (Å²) in [6, 6.07) is 3.60. The fourth-order valence-electron chi connectivity index (χ4n) is 1.24. The number of benzene rings is 1. The van der Waals surface area contributed by atoms with Crippen molar-refractivity contribution in [2.24, 2.45) is 5.73 Å². The van der Waals surface area contributed by atoms with Crippen LogP contribution in [-0.4, -0.2) is 18.6 Å². The maximum Gasteiger partial charge on any atom is 0.389 e. The van der Waals surface area contributed by atoms with Crippen molar-refractivity contribution in [3.8, 4) is 5.75 Å². The van der Waals surface area contributed by atoms with Gasteiger partial charge in [-0.15, -0.1) is 0 Å². The summed E-state index contributed by atoms with van der Waals surface area (Å²) >= 11 is 0. The largest absolute Gasteiger partial charge is 0.491 e. The molecule has 0 unspecified atom stereocenters. The van der Waals surface area contributed by atoms with E-state index in [1.165, 1.54) is 12.1 Å². The van der Waals surface area contributed by atoms with Gasteiger partial charge in [0, 0.05) is 12.0 Å². The molecule has 18 heavy (non-hydrogen) atoms. The summed E-state index contributed by atoms with van der Waals surface area (Å²) < 4.78 is 53.8. The van der Waals surface area contributed by atoms with Crippen LogP contribution >= 0.6 is 0 Å². The Morgan fingerprint density at radius 1 is 1.33 bits per heavy atom. The van der Waals surface area contributed by atoms with Gasteiger partial charge >= 0.3 is 6.18 Å². The Bertz CT molecular complexity index is 432. The molecular weight excluding hydrogens is 252 g/mol. The lowest BCUT2D eigenvalue weighted by molar-refractivity contribution is -0.136. The fourth-order valence-corrected chi connectivity index (χ4v) is 1.24. The molecule has 0 aliphatic rings. The standard InChI is InChI=1S/C11H12F4N2O/c12-8-6-7(10(16)17)2-3-9(8)18-5-1-4-11(13,14)15/h2-3,6H,1,4-5H2,(H3,16,17). The summed E-state index contributed by atoms with van der Waals surface area (Å²) in [5, 5.41) is 7.08. The summed E-state index contributed by atoms with van der Waals surface area (Å²) in [7, 11) is 0. The second-order valence-electron chi connectivity index (χ2n) is 3.63. The Hall–Kier alpha value is -1.79. The SMILES string of the molecule is N=C(N)c1ccc(OCCCC(F)(F)F)c(F)c1. The molecule has 0 bridgehead atoms. The number of nitrogens with one attached hydrogen (secondary N) is 1. The molecule has 0 radical (unpaired) electrons. The summed E-state index contributed by atoms with van der Waals surface area (Å²) in [6.45, 7) is -0.226. The van der Waals surface area contributed by atoms with Crippen molar-refractivity contribution in [2.75, 3.05) is 6.61 Å². The number of alkyl halides is 3. The van der Waals surface area contributed by atoms with E-state index in [0.29, 0.717) is 0 Å². The lowest BCUT2D eigenvalue weighted by Gasteiger charge is -2.09. The maximum atomic E-state index is 13.4. The van der Waals surface area contributed by atoms with Crippen LogP contribution in [0.3, 0.4) is 0 Å². The van der Waals surface area contributed by atoms with Gasteiger partial charge in [0.1, 0.15) is 5.84 Å². The van der Waals surface area contributed by atoms with E-state index >= 15 is 0 Å². The van der Waals surface area contributed by atoms with E-state index in [0.717, 1.165) is 6.07 Å². The van der Waals surface area contributed by atoms with Crippen molar-refractivity contribution >= 4 is 5.84 Å². The molecule has 0 atom stereocenters. The first-order valence-corrected chi connectivity index (χ1v) is 5.13. The molecule has 1 aromatic rings. The quantitative estimate of drug-likeness (QED) is 0.372. The van der Waals surface area contributed by atoms with Crippen LogP contribution < -0.4 is 10.5 Å². The minimum absolute atomic E-state index is 0.151. The van der Waals surface area contributed by atoms with Crippen LogP contribution in [0.15, 0.2) is 18.2 Å². The van der Waals surface area contributed by atoms with Crippen LogP contribution in [0.5, 0.6) is 5.75 Å². The van der Waals surface area contributed by atoms with Crippen molar-refractivity contribution in [3.05, 3.63) is 29.6 Å². The monoisotopic (exact) mass is 264 g/mol. The van der Waals surface area contributed by atoms with Gasteiger partial charge in [-0.1, -0.05) is 0 Å². The van der Waals surface area contributed by atoms with Gasteiger partial charge < -0.3 is 10.5 Å². The summed E-state index contributed by atoms with van der Waals surface area (Å²) in [6.07, 6.45) is -5.45. The average molecular weight is 264 g/mol. The molecule has 7 heteroatoms. The number of hydrogen-bond acceptors (Lipinski definition) is 2. The Morgan fingerprint density at radius 3 is 2.50 bits per heavy atom. The van der Waals surface area contributed by atoms with E-state index in [4.69, 9.17) is 15.9 Å². The first kappa shape index (κ1) is 14.3. The molecule has 0 aliphatic carbocycles. The van der Waals surface area contributed by atoms with Gasteiger partial charge in [-0.25, -0.2) is 4.39 Å². The Kier molecular flexibility index (Phi) is 4.52. The van der Waals surface area contributed by atoms with E-state index in [1.807, 2.05) is 0 Å². The highest BCUT2D eigenvalue weighted by atomic mass is 19.4. The molecule has 0 aliphatic heterocycles. The number of halogens is 4. The average Bonchev–Trinajstić information content (AvgIpc) is 2.24. The first-order valence-electron chi connectivity index (χ1n) is 5.13. The topological polar surface area (TPSA) is 59.1 Å². The van der Waals surface area contributed by atoms with E-state index in [1.54, 1.807) is 0 Å². The van der Waals surface area contributed by atoms with Crippen LogP contribution in [0.1, 0.15) is 18.4 Å². The number of nitrogen functional groups attached to an aromatic ring is 1. The van der Waals surface area contributed by atoms with E-state index in [2.05, 4.69) is 0 Å². The van der Waals surface area contributed by atoms with Gasteiger partial charge in [0.15, 0.2) is 11.6 Å². The van der Waals surface area contributed by atoms with Crippen LogP contribution in [-0.2, 0) is 0 Å². The normalized spacial score (nSPS) is 11.3. The zero-order valence-electron chi connectivity index (χ0n) is 9.35. The number of hydrogen-bond donors (Lipinski definition) is 2. The van der Waals surface area contributed by atoms with Gasteiger partial charge in [-0.3, -0.25) is 5.41 Å². The van der Waals surface area contributed by atoms with Gasteiger partial charge in [0.2, 0.25) is 0 Å². The molecule has 0 heterocycles. The Balaban J connectivity index is 2.51. The minimum atomic E-state index is -4.24. The minimum Gasteiger partial charge on any atom is -0.491 e. The fraction of sp³-hybridized carbons (Fsp3) is 0.364. The lowest BCUT2D eigenvalue weighted by atomic mass is 10.2. The van der Waals surface area contributed by atoms with Crippen LogP contribution in [0.2, 0.25) is 0 Å². The second-order valence-corrected chi connectivity index (χ2v) is 3.63. The van der Waals surface area contributed by atoms with Gasteiger partial charge in [0.05, 0.1) is 6.61 Å². The van der Waals surface area contributed by atoms with Crippen molar-refractivity contribution in [3.63, 3.8) is 0 Å². The molecule has 3 N–H and O–H groups in total. The number of amidine groups is 1. The molecule has 1 rings (SSSR count). The van der Waals surface area contributed by atoms with Crippen LogP contribution in [0, 0.1) is 11.2 Å². The van der Waals surface area contributed by atoms with E-state index < -0.39 is 18.4 Å². The first-order chi connectivity index (χ1) is 8.29. The summed E-state index contributed by atoms with van der Waals surface area (Å²) in [5.41, 5.74) is 5.34. The zero-order valence-corrected chi connectivity index (χ0v) is 9.35. The smallest absolute Gasteiger partial charge is 0.389 e. The second kappa shape index (κ2) is 5.70. The predicted molar refractivity (Wildman–Crippen MR) is 58.2 cm³/mol. The van der Waals surface area contributed by atoms with Crippen molar-refractivity contribution in [1.29, 1.82) is 5.41 Å². The van der Waals surface area contributed by atoms with Crippen molar-refractivity contribution in [2.45, 2.75) is 19.0 Å². The molecule has 1 aromatic carbocycles.